The molecule has 1 aliphatic heterocycles. The molecule has 0 bridgehead atoms. The van der Waals surface area contributed by atoms with Crippen molar-refractivity contribution in [2.75, 3.05) is 0 Å². The number of nitrogens with zero attached hydrogens (tertiary/aromatic N) is 1. The van der Waals surface area contributed by atoms with Crippen molar-refractivity contribution in [2.45, 2.75) is 12.7 Å². The number of aromatic nitrogens is 1. The fourth-order valence-electron chi connectivity index (χ4n) is 1.61. The predicted octanol–water partition coefficient (Wildman–Crippen LogP) is 4.35. The second-order valence-electron chi connectivity index (χ2n) is 4.04. The fraction of sp³-hybridized carbons (Fsp3) is 0.154. The summed E-state index contributed by atoms with van der Waals surface area (Å²) < 4.78 is 55.6. The fourth-order valence-corrected chi connectivity index (χ4v) is 2.30. The van der Waals surface area contributed by atoms with Gasteiger partial charge in [-0.25, -0.2) is 0 Å². The average Bonchev–Trinajstić information content (AvgIpc) is 3.10. The molecule has 0 saturated carbocycles. The second kappa shape index (κ2) is 5.76. The Kier molecular flexibility index (Phi) is 3.80. The normalized spacial score (nSPS) is 14.5. The topological polar surface area (TPSA) is 49.8 Å². The van der Waals surface area contributed by atoms with Gasteiger partial charge in [-0.15, -0.1) is 13.2 Å². The van der Waals surface area contributed by atoms with Gasteiger partial charge in [-0.1, -0.05) is 11.3 Å². The monoisotopic (exact) mass is 331 g/mol. The minimum absolute atomic E-state index is 0.318. The van der Waals surface area contributed by atoms with E-state index >= 15 is 0 Å². The van der Waals surface area contributed by atoms with Gasteiger partial charge in [0.15, 0.2) is 0 Å². The molecule has 0 atom stereocenters. The largest absolute Gasteiger partial charge is 0.573 e. The third kappa shape index (κ3) is 3.61. The smallest absolute Gasteiger partial charge is 0.454 e. The predicted molar refractivity (Wildman–Crippen MR) is 69.4 cm³/mol. The molecule has 0 aliphatic carbocycles. The Morgan fingerprint density at radius 1 is 1.05 bits per heavy atom. The number of hydrogen-bond donors (Lipinski definition) is 0. The van der Waals surface area contributed by atoms with Gasteiger partial charge in [0, 0.05) is 5.38 Å². The van der Waals surface area contributed by atoms with E-state index < -0.39 is 12.7 Å². The summed E-state index contributed by atoms with van der Waals surface area (Å²) in [7, 11) is 0. The van der Waals surface area contributed by atoms with Crippen LogP contribution in [0.2, 0.25) is 0 Å². The van der Waals surface area contributed by atoms with Crippen molar-refractivity contribution in [1.82, 2.24) is 4.98 Å². The molecule has 0 unspecified atom stereocenters. The molecule has 2 heterocycles. The van der Waals surface area contributed by atoms with Gasteiger partial charge in [-0.2, -0.15) is 4.98 Å². The minimum atomic E-state index is -4.72. The molecular weight excluding hydrogens is 323 g/mol. The first-order valence-electron chi connectivity index (χ1n) is 5.95. The number of hydrogen-bond acceptors (Lipinski definition) is 6. The summed E-state index contributed by atoms with van der Waals surface area (Å²) in [5.74, 6) is 0.0142. The highest BCUT2D eigenvalue weighted by atomic mass is 32.1. The maximum absolute atomic E-state index is 12.0. The zero-order chi connectivity index (χ0) is 15.6. The van der Waals surface area contributed by atoms with Crippen molar-refractivity contribution in [1.29, 1.82) is 0 Å². The summed E-state index contributed by atoms with van der Waals surface area (Å²) >= 11 is 1.21. The molecule has 116 valence electrons. The van der Waals surface area contributed by atoms with E-state index in [0.29, 0.717) is 16.6 Å². The molecule has 0 radical (unpaired) electrons. The highest BCUT2D eigenvalue weighted by Crippen LogP contribution is 2.32. The molecule has 0 spiro atoms. The van der Waals surface area contributed by atoms with E-state index in [1.807, 2.05) is 0 Å². The molecule has 22 heavy (non-hydrogen) atoms. The highest BCUT2D eigenvalue weighted by molar-refractivity contribution is 7.11. The van der Waals surface area contributed by atoms with Gasteiger partial charge in [0.25, 0.3) is 11.5 Å². The summed E-state index contributed by atoms with van der Waals surface area (Å²) in [5, 5.41) is 2.02. The van der Waals surface area contributed by atoms with Gasteiger partial charge in [0.2, 0.25) is 0 Å². The Balaban J connectivity index is 1.63. The molecule has 1 aliphatic rings. The first-order chi connectivity index (χ1) is 10.5. The van der Waals surface area contributed by atoms with E-state index in [-0.39, 0.29) is 5.75 Å². The maximum atomic E-state index is 12.0. The van der Waals surface area contributed by atoms with Crippen LogP contribution in [-0.4, -0.2) is 11.3 Å². The van der Waals surface area contributed by atoms with Crippen molar-refractivity contribution in [3.63, 3.8) is 0 Å². The molecule has 0 saturated heterocycles. The summed E-state index contributed by atoms with van der Waals surface area (Å²) in [6.07, 6.45) is -2.51. The van der Waals surface area contributed by atoms with Crippen LogP contribution in [0, 0.1) is 0 Å². The van der Waals surface area contributed by atoms with E-state index in [9.17, 15) is 13.2 Å². The van der Waals surface area contributed by atoms with E-state index in [4.69, 9.17) is 14.2 Å². The molecule has 0 N–H and O–H groups in total. The Morgan fingerprint density at radius 3 is 2.32 bits per heavy atom. The lowest BCUT2D eigenvalue weighted by Crippen LogP contribution is -2.16. The van der Waals surface area contributed by atoms with Crippen molar-refractivity contribution >= 4 is 11.3 Å². The van der Waals surface area contributed by atoms with Crippen LogP contribution < -0.4 is 9.47 Å². The zero-order valence-corrected chi connectivity index (χ0v) is 11.6. The highest BCUT2D eigenvalue weighted by Gasteiger charge is 2.31. The zero-order valence-electron chi connectivity index (χ0n) is 10.7. The SMILES string of the molecule is FC(F)(F)Oc1ccc(Oc2nc(C3OC=CO3)cs2)cc1. The third-order valence-corrected chi connectivity index (χ3v) is 3.20. The maximum Gasteiger partial charge on any atom is 0.573 e. The van der Waals surface area contributed by atoms with Gasteiger partial charge < -0.3 is 18.9 Å². The van der Waals surface area contributed by atoms with E-state index in [1.165, 1.54) is 36.0 Å². The van der Waals surface area contributed by atoms with Crippen molar-refractivity contribution in [3.05, 3.63) is 47.9 Å². The lowest BCUT2D eigenvalue weighted by atomic mass is 10.3. The van der Waals surface area contributed by atoms with E-state index in [2.05, 4.69) is 9.72 Å². The van der Waals surface area contributed by atoms with Gasteiger partial charge >= 0.3 is 6.36 Å². The van der Waals surface area contributed by atoms with Crippen LogP contribution in [0.15, 0.2) is 42.2 Å². The van der Waals surface area contributed by atoms with Crippen LogP contribution >= 0.6 is 11.3 Å². The summed E-state index contributed by atoms with van der Waals surface area (Å²) in [6.45, 7) is 0. The molecular formula is C13H8F3NO4S. The molecule has 0 fully saturated rings. The first-order valence-corrected chi connectivity index (χ1v) is 6.82. The summed E-state index contributed by atoms with van der Waals surface area (Å²) in [6, 6.07) is 5.02. The summed E-state index contributed by atoms with van der Waals surface area (Å²) in [5.41, 5.74) is 0.544. The van der Waals surface area contributed by atoms with Gasteiger partial charge in [-0.05, 0) is 24.3 Å². The molecule has 2 aromatic rings. The first kappa shape index (κ1) is 14.5. The number of ether oxygens (including phenoxy) is 4. The molecule has 0 amide bonds. The van der Waals surface area contributed by atoms with Gasteiger partial charge in [0.1, 0.15) is 29.7 Å². The lowest BCUT2D eigenvalue weighted by molar-refractivity contribution is -0.274. The molecule has 1 aromatic heterocycles. The number of alkyl halides is 3. The van der Waals surface area contributed by atoms with Crippen LogP contribution in [0.25, 0.3) is 0 Å². The molecule has 3 rings (SSSR count). The number of halogens is 3. The number of rotatable bonds is 4. The Hall–Kier alpha value is -2.42. The van der Waals surface area contributed by atoms with Crippen molar-refractivity contribution in [2.24, 2.45) is 0 Å². The van der Waals surface area contributed by atoms with Crippen LogP contribution in [0.3, 0.4) is 0 Å². The van der Waals surface area contributed by atoms with Gasteiger partial charge in [0.05, 0.1) is 0 Å². The molecule has 9 heteroatoms. The van der Waals surface area contributed by atoms with Crippen molar-refractivity contribution < 1.29 is 32.1 Å². The van der Waals surface area contributed by atoms with E-state index in [1.54, 1.807) is 5.38 Å². The number of thiazole rings is 1. The molecule has 1 aromatic carbocycles. The van der Waals surface area contributed by atoms with Gasteiger partial charge in [-0.3, -0.25) is 0 Å². The minimum Gasteiger partial charge on any atom is -0.454 e. The quantitative estimate of drug-likeness (QED) is 0.833. The van der Waals surface area contributed by atoms with Crippen molar-refractivity contribution in [3.8, 4) is 16.7 Å². The van der Waals surface area contributed by atoms with Crippen LogP contribution in [0.4, 0.5) is 13.2 Å². The Bertz CT molecular complexity index is 661. The number of benzene rings is 1. The molecule has 5 nitrogen and oxygen atoms in total. The third-order valence-electron chi connectivity index (χ3n) is 2.46. The Labute approximate surface area is 126 Å². The Morgan fingerprint density at radius 2 is 1.68 bits per heavy atom. The lowest BCUT2D eigenvalue weighted by Gasteiger charge is -2.09. The summed E-state index contributed by atoms with van der Waals surface area (Å²) in [4.78, 5) is 4.16. The average molecular weight is 331 g/mol. The van der Waals surface area contributed by atoms with Crippen LogP contribution in [0.5, 0.6) is 16.7 Å². The van der Waals surface area contributed by atoms with Crippen LogP contribution in [-0.2, 0) is 9.47 Å². The standard InChI is InChI=1S/C13H8F3NO4S/c14-13(15,16)21-9-3-1-8(2-4-9)20-12-17-10(7-22-12)11-18-5-6-19-11/h1-7,11H. The second-order valence-corrected chi connectivity index (χ2v) is 4.86. The van der Waals surface area contributed by atoms with E-state index in [0.717, 1.165) is 12.1 Å². The van der Waals surface area contributed by atoms with Crippen LogP contribution in [0.1, 0.15) is 12.0 Å².